The normalized spacial score (nSPS) is 10.4. The fraction of sp³-hybridized carbons (Fsp3) is 0.118. The van der Waals surface area contributed by atoms with Crippen LogP contribution >= 0.6 is 11.8 Å². The zero-order valence-corrected chi connectivity index (χ0v) is 12.9. The highest BCUT2D eigenvalue weighted by Gasteiger charge is 2.14. The van der Waals surface area contributed by atoms with Crippen molar-refractivity contribution in [3.63, 3.8) is 0 Å². The molecule has 0 unspecified atom stereocenters. The molecule has 0 fully saturated rings. The Morgan fingerprint density at radius 2 is 2.09 bits per heavy atom. The highest BCUT2D eigenvalue weighted by molar-refractivity contribution is 7.98. The molecule has 1 N–H and O–H groups in total. The van der Waals surface area contributed by atoms with Gasteiger partial charge in [0.05, 0.1) is 11.2 Å². The molecular formula is C17H14N4S. The summed E-state index contributed by atoms with van der Waals surface area (Å²) in [5.74, 6) is 0. The van der Waals surface area contributed by atoms with Gasteiger partial charge >= 0.3 is 0 Å². The highest BCUT2D eigenvalue weighted by atomic mass is 32.2. The topological polar surface area (TPSA) is 61.6 Å². The third-order valence-corrected chi connectivity index (χ3v) is 4.04. The quantitative estimate of drug-likeness (QED) is 0.742. The van der Waals surface area contributed by atoms with Crippen molar-refractivity contribution in [2.24, 2.45) is 0 Å². The van der Waals surface area contributed by atoms with E-state index in [-0.39, 0.29) is 0 Å². The number of anilines is 1. The molecular weight excluding hydrogens is 292 g/mol. The molecule has 2 aromatic heterocycles. The van der Waals surface area contributed by atoms with Gasteiger partial charge in [0.2, 0.25) is 0 Å². The molecule has 0 aliphatic heterocycles. The van der Waals surface area contributed by atoms with Crippen molar-refractivity contribution in [1.29, 1.82) is 5.26 Å². The van der Waals surface area contributed by atoms with E-state index in [9.17, 15) is 5.26 Å². The van der Waals surface area contributed by atoms with Gasteiger partial charge in [0.25, 0.3) is 0 Å². The number of thioether (sulfide) groups is 1. The number of pyridine rings is 2. The Morgan fingerprint density at radius 1 is 1.23 bits per heavy atom. The third kappa shape index (κ3) is 2.74. The van der Waals surface area contributed by atoms with Crippen LogP contribution in [0.5, 0.6) is 0 Å². The molecule has 3 rings (SSSR count). The number of hydrogen-bond donors (Lipinski definition) is 1. The molecule has 2 heterocycles. The lowest BCUT2D eigenvalue weighted by atomic mass is 10.1. The standard InChI is InChI=1S/C17H14N4S/c1-22-17-14(9-18)16(13-6-2-3-7-15(13)21-17)20-11-12-5-4-8-19-10-12/h2-8,10H,11H2,1H3,(H,20,21). The van der Waals surface area contributed by atoms with Crippen molar-refractivity contribution in [3.8, 4) is 6.07 Å². The molecule has 0 saturated carbocycles. The van der Waals surface area contributed by atoms with Crippen molar-refractivity contribution in [2.45, 2.75) is 11.6 Å². The second kappa shape index (κ2) is 6.46. The first-order valence-corrected chi connectivity index (χ1v) is 8.05. The van der Waals surface area contributed by atoms with Crippen LogP contribution in [0, 0.1) is 11.3 Å². The molecule has 0 amide bonds. The minimum Gasteiger partial charge on any atom is -0.379 e. The van der Waals surface area contributed by atoms with E-state index in [1.165, 1.54) is 11.8 Å². The molecule has 1 aromatic carbocycles. The SMILES string of the molecule is CSc1nc2ccccc2c(NCc2cccnc2)c1C#N. The third-order valence-electron chi connectivity index (χ3n) is 3.36. The molecule has 0 atom stereocenters. The maximum Gasteiger partial charge on any atom is 0.116 e. The van der Waals surface area contributed by atoms with E-state index < -0.39 is 0 Å². The molecule has 0 aliphatic carbocycles. The number of rotatable bonds is 4. The Hall–Kier alpha value is -2.58. The molecule has 4 nitrogen and oxygen atoms in total. The van der Waals surface area contributed by atoms with Gasteiger partial charge in [-0.15, -0.1) is 11.8 Å². The summed E-state index contributed by atoms with van der Waals surface area (Å²) in [6.07, 6.45) is 5.50. The molecule has 108 valence electrons. The van der Waals surface area contributed by atoms with E-state index in [0.717, 1.165) is 27.2 Å². The fourth-order valence-electron chi connectivity index (χ4n) is 2.32. The second-order valence-corrected chi connectivity index (χ2v) is 5.51. The first-order chi connectivity index (χ1) is 10.8. The molecule has 0 radical (unpaired) electrons. The molecule has 0 aliphatic rings. The second-order valence-electron chi connectivity index (χ2n) is 4.71. The summed E-state index contributed by atoms with van der Waals surface area (Å²) in [6.45, 7) is 0.615. The molecule has 22 heavy (non-hydrogen) atoms. The number of benzene rings is 1. The minimum atomic E-state index is 0.593. The lowest BCUT2D eigenvalue weighted by molar-refractivity contribution is 1.09. The van der Waals surface area contributed by atoms with E-state index in [1.807, 2.05) is 48.9 Å². The zero-order valence-electron chi connectivity index (χ0n) is 12.1. The number of nitrogens with one attached hydrogen (secondary N) is 1. The van der Waals surface area contributed by atoms with E-state index in [4.69, 9.17) is 0 Å². The van der Waals surface area contributed by atoms with Gasteiger partial charge < -0.3 is 5.32 Å². The number of para-hydroxylation sites is 1. The summed E-state index contributed by atoms with van der Waals surface area (Å²) in [6, 6.07) is 14.1. The van der Waals surface area contributed by atoms with Gasteiger partial charge in [-0.25, -0.2) is 4.98 Å². The summed E-state index contributed by atoms with van der Waals surface area (Å²) in [4.78, 5) is 8.68. The maximum absolute atomic E-state index is 9.53. The van der Waals surface area contributed by atoms with E-state index in [2.05, 4.69) is 21.4 Å². The summed E-state index contributed by atoms with van der Waals surface area (Å²) in [5, 5.41) is 14.6. The summed E-state index contributed by atoms with van der Waals surface area (Å²) in [5.41, 5.74) is 3.38. The van der Waals surface area contributed by atoms with E-state index >= 15 is 0 Å². The Labute approximate surface area is 133 Å². The number of hydrogen-bond acceptors (Lipinski definition) is 5. The van der Waals surface area contributed by atoms with Crippen LogP contribution in [0.1, 0.15) is 11.1 Å². The lowest BCUT2D eigenvalue weighted by Crippen LogP contribution is -2.04. The largest absolute Gasteiger partial charge is 0.379 e. The Bertz CT molecular complexity index is 840. The molecule has 3 aromatic rings. The van der Waals surface area contributed by atoms with Crippen LogP contribution in [-0.2, 0) is 6.54 Å². The first-order valence-electron chi connectivity index (χ1n) is 6.83. The monoisotopic (exact) mass is 306 g/mol. The van der Waals surface area contributed by atoms with E-state index in [0.29, 0.717) is 12.1 Å². The summed E-state index contributed by atoms with van der Waals surface area (Å²) in [7, 11) is 0. The van der Waals surface area contributed by atoms with Crippen LogP contribution in [0.3, 0.4) is 0 Å². The van der Waals surface area contributed by atoms with Gasteiger partial charge in [-0.3, -0.25) is 4.98 Å². The predicted molar refractivity (Wildman–Crippen MR) is 89.8 cm³/mol. The minimum absolute atomic E-state index is 0.593. The molecule has 0 bridgehead atoms. The average molecular weight is 306 g/mol. The van der Waals surface area contributed by atoms with Crippen molar-refractivity contribution in [1.82, 2.24) is 9.97 Å². The van der Waals surface area contributed by atoms with Gasteiger partial charge in [-0.2, -0.15) is 5.26 Å². The van der Waals surface area contributed by atoms with Crippen molar-refractivity contribution >= 4 is 28.4 Å². The van der Waals surface area contributed by atoms with Gasteiger partial charge in [-0.05, 0) is 24.0 Å². The van der Waals surface area contributed by atoms with Crippen molar-refractivity contribution in [3.05, 3.63) is 59.9 Å². The van der Waals surface area contributed by atoms with Gasteiger partial charge in [0.15, 0.2) is 0 Å². The summed E-state index contributed by atoms with van der Waals surface area (Å²) >= 11 is 1.48. The lowest BCUT2D eigenvalue weighted by Gasteiger charge is -2.13. The molecule has 0 spiro atoms. The van der Waals surface area contributed by atoms with Crippen molar-refractivity contribution < 1.29 is 0 Å². The van der Waals surface area contributed by atoms with Crippen LogP contribution in [-0.4, -0.2) is 16.2 Å². The smallest absolute Gasteiger partial charge is 0.116 e. The van der Waals surface area contributed by atoms with Gasteiger partial charge in [-0.1, -0.05) is 24.3 Å². The van der Waals surface area contributed by atoms with Gasteiger partial charge in [0, 0.05) is 24.3 Å². The number of fused-ring (bicyclic) bond motifs is 1. The zero-order chi connectivity index (χ0) is 15.4. The number of nitrogens with zero attached hydrogens (tertiary/aromatic N) is 3. The van der Waals surface area contributed by atoms with Crippen LogP contribution in [0.2, 0.25) is 0 Å². The first kappa shape index (κ1) is 14.4. The van der Waals surface area contributed by atoms with E-state index in [1.54, 1.807) is 6.20 Å². The highest BCUT2D eigenvalue weighted by Crippen LogP contribution is 2.32. The Kier molecular flexibility index (Phi) is 4.22. The van der Waals surface area contributed by atoms with Crippen LogP contribution in [0.15, 0.2) is 53.8 Å². The Balaban J connectivity index is 2.08. The van der Waals surface area contributed by atoms with Crippen LogP contribution in [0.25, 0.3) is 10.9 Å². The Morgan fingerprint density at radius 3 is 2.82 bits per heavy atom. The fourth-order valence-corrected chi connectivity index (χ4v) is 2.86. The van der Waals surface area contributed by atoms with Gasteiger partial charge in [0.1, 0.15) is 16.7 Å². The number of aromatic nitrogens is 2. The van der Waals surface area contributed by atoms with Crippen LogP contribution in [0.4, 0.5) is 5.69 Å². The molecule has 0 saturated heterocycles. The van der Waals surface area contributed by atoms with Crippen LogP contribution < -0.4 is 5.32 Å². The predicted octanol–water partition coefficient (Wildman–Crippen LogP) is 3.84. The van der Waals surface area contributed by atoms with Crippen molar-refractivity contribution in [2.75, 3.05) is 11.6 Å². The average Bonchev–Trinajstić information content (AvgIpc) is 2.59. The number of nitriles is 1. The molecule has 5 heteroatoms. The maximum atomic E-state index is 9.53. The summed E-state index contributed by atoms with van der Waals surface area (Å²) < 4.78 is 0.